The first-order valence-corrected chi connectivity index (χ1v) is 11.0. The molecule has 0 saturated carbocycles. The molecular weight excluding hydrogens is 466 g/mol. The number of hydrogen-bond donors (Lipinski definition) is 3. The Balaban J connectivity index is 1.43. The molecule has 5 rings (SSSR count). The normalized spacial score (nSPS) is 11.1. The number of H-pyrrole nitrogens is 1. The lowest BCUT2D eigenvalue weighted by atomic mass is 10.1. The van der Waals surface area contributed by atoms with E-state index in [1.807, 2.05) is 24.3 Å². The van der Waals surface area contributed by atoms with E-state index in [0.29, 0.717) is 44.9 Å². The zero-order chi connectivity index (χ0) is 22.9. The van der Waals surface area contributed by atoms with Crippen molar-refractivity contribution in [1.82, 2.24) is 15.2 Å². The SMILES string of the molecule is COc1cc(Cl)ccc1-[n+]1[nH]oc(=O)c1-c1csc(NCc2ccc3cccnc3c2O)n1. The van der Waals surface area contributed by atoms with E-state index in [1.54, 1.807) is 29.8 Å². The van der Waals surface area contributed by atoms with Crippen LogP contribution in [0.15, 0.2) is 63.4 Å². The zero-order valence-electron chi connectivity index (χ0n) is 17.2. The maximum absolute atomic E-state index is 12.5. The van der Waals surface area contributed by atoms with Crippen LogP contribution in [-0.4, -0.2) is 27.5 Å². The van der Waals surface area contributed by atoms with Crippen molar-refractivity contribution in [1.29, 1.82) is 0 Å². The van der Waals surface area contributed by atoms with Gasteiger partial charge in [0, 0.05) is 46.2 Å². The Morgan fingerprint density at radius 2 is 2.18 bits per heavy atom. The maximum Gasteiger partial charge on any atom is 0.437 e. The van der Waals surface area contributed by atoms with E-state index in [9.17, 15) is 9.90 Å². The second-order valence-electron chi connectivity index (χ2n) is 7.02. The van der Waals surface area contributed by atoms with Gasteiger partial charge in [-0.15, -0.1) is 11.3 Å². The minimum absolute atomic E-state index is 0.122. The summed E-state index contributed by atoms with van der Waals surface area (Å²) in [6, 6.07) is 12.5. The van der Waals surface area contributed by atoms with Crippen LogP contribution in [0.3, 0.4) is 0 Å². The molecule has 3 aromatic heterocycles. The van der Waals surface area contributed by atoms with E-state index in [0.717, 1.165) is 5.39 Å². The summed E-state index contributed by atoms with van der Waals surface area (Å²) in [5.74, 6) is 0.580. The lowest BCUT2D eigenvalue weighted by Crippen LogP contribution is -2.36. The number of phenols is 1. The highest BCUT2D eigenvalue weighted by molar-refractivity contribution is 7.14. The van der Waals surface area contributed by atoms with E-state index < -0.39 is 5.63 Å². The molecule has 0 aliphatic heterocycles. The van der Waals surface area contributed by atoms with Gasteiger partial charge in [0.25, 0.3) is 5.69 Å². The molecule has 0 bridgehead atoms. The molecule has 0 aliphatic carbocycles. The van der Waals surface area contributed by atoms with Gasteiger partial charge in [-0.25, -0.2) is 9.78 Å². The first-order valence-electron chi connectivity index (χ1n) is 9.78. The summed E-state index contributed by atoms with van der Waals surface area (Å²) in [4.78, 5) is 21.2. The van der Waals surface area contributed by atoms with Crippen molar-refractivity contribution in [2.45, 2.75) is 6.54 Å². The predicted octanol–water partition coefficient (Wildman–Crippen LogP) is 3.90. The average molecular weight is 483 g/mol. The molecule has 0 atom stereocenters. The monoisotopic (exact) mass is 482 g/mol. The third-order valence-electron chi connectivity index (χ3n) is 5.04. The van der Waals surface area contributed by atoms with Gasteiger partial charge in [0.05, 0.1) is 7.11 Å². The van der Waals surface area contributed by atoms with Crippen LogP contribution < -0.4 is 20.4 Å². The Morgan fingerprint density at radius 1 is 1.30 bits per heavy atom. The van der Waals surface area contributed by atoms with Gasteiger partial charge in [0.2, 0.25) is 0 Å². The first kappa shape index (κ1) is 21.0. The molecule has 3 N–H and O–H groups in total. The van der Waals surface area contributed by atoms with E-state index in [1.165, 1.54) is 23.1 Å². The second-order valence-corrected chi connectivity index (χ2v) is 8.32. The maximum atomic E-state index is 12.5. The zero-order valence-corrected chi connectivity index (χ0v) is 18.8. The number of aromatic nitrogens is 4. The van der Waals surface area contributed by atoms with Crippen molar-refractivity contribution in [2.24, 2.45) is 0 Å². The molecule has 0 saturated heterocycles. The Kier molecular flexibility index (Phi) is 5.45. The lowest BCUT2D eigenvalue weighted by molar-refractivity contribution is -0.660. The number of halogens is 1. The molecule has 11 heteroatoms. The molecule has 2 aromatic carbocycles. The van der Waals surface area contributed by atoms with Gasteiger partial charge in [-0.3, -0.25) is 9.51 Å². The average Bonchev–Trinajstić information content (AvgIpc) is 3.45. The molecule has 9 nitrogen and oxygen atoms in total. The number of ether oxygens (including phenoxy) is 1. The van der Waals surface area contributed by atoms with Gasteiger partial charge in [-0.1, -0.05) is 29.8 Å². The fourth-order valence-corrected chi connectivity index (χ4v) is 4.30. The Labute approximate surface area is 195 Å². The lowest BCUT2D eigenvalue weighted by Gasteiger charge is -2.07. The van der Waals surface area contributed by atoms with Gasteiger partial charge in [0.15, 0.2) is 16.6 Å². The number of pyridine rings is 1. The van der Waals surface area contributed by atoms with Crippen molar-refractivity contribution in [3.05, 3.63) is 75.0 Å². The number of nitrogens with one attached hydrogen (secondary N) is 2. The summed E-state index contributed by atoms with van der Waals surface area (Å²) >= 11 is 7.37. The smallest absolute Gasteiger partial charge is 0.437 e. The molecule has 3 heterocycles. The highest BCUT2D eigenvalue weighted by Gasteiger charge is 2.30. The van der Waals surface area contributed by atoms with Crippen molar-refractivity contribution in [2.75, 3.05) is 12.4 Å². The number of phenolic OH excluding ortho intramolecular Hbond substituents is 1. The van der Waals surface area contributed by atoms with Crippen LogP contribution in [0.4, 0.5) is 5.13 Å². The predicted molar refractivity (Wildman–Crippen MR) is 124 cm³/mol. The number of aromatic amines is 1. The molecule has 0 spiro atoms. The molecule has 0 unspecified atom stereocenters. The largest absolute Gasteiger partial charge is 0.505 e. The summed E-state index contributed by atoms with van der Waals surface area (Å²) < 4.78 is 11.9. The van der Waals surface area contributed by atoms with Crippen LogP contribution in [-0.2, 0) is 6.54 Å². The van der Waals surface area contributed by atoms with Crippen LogP contribution in [0.1, 0.15) is 5.56 Å². The summed E-state index contributed by atoms with van der Waals surface area (Å²) in [6.45, 7) is 0.331. The number of methoxy groups -OCH3 is 1. The van der Waals surface area contributed by atoms with Crippen LogP contribution in [0.2, 0.25) is 5.02 Å². The minimum Gasteiger partial charge on any atom is -0.505 e. The molecule has 5 aromatic rings. The van der Waals surface area contributed by atoms with Crippen molar-refractivity contribution >= 4 is 39.0 Å². The number of benzene rings is 2. The van der Waals surface area contributed by atoms with Crippen LogP contribution in [0.25, 0.3) is 28.0 Å². The van der Waals surface area contributed by atoms with E-state index in [4.69, 9.17) is 20.9 Å². The van der Waals surface area contributed by atoms with E-state index in [-0.39, 0.29) is 11.4 Å². The standard InChI is InChI=1S/C22H16ClN5O4S/c1-31-17-9-14(23)6-7-16(17)28-19(21(30)32-27-28)15-11-33-22(26-15)25-10-13-5-4-12-3-2-8-24-18(12)20(13)29/h2-9,11H,10H2,1H3,(H2-,25,26,27,29,30)/p+1. The summed E-state index contributed by atoms with van der Waals surface area (Å²) in [5.41, 5.74) is 1.80. The topological polar surface area (TPSA) is 117 Å². The van der Waals surface area contributed by atoms with Crippen molar-refractivity contribution < 1.29 is 19.0 Å². The molecule has 0 radical (unpaired) electrons. The van der Waals surface area contributed by atoms with Gasteiger partial charge < -0.3 is 15.2 Å². The number of nitrogens with zero attached hydrogens (tertiary/aromatic N) is 3. The number of thiazole rings is 1. The van der Waals surface area contributed by atoms with Crippen LogP contribution >= 0.6 is 22.9 Å². The number of hydrogen-bond acceptors (Lipinski definition) is 8. The van der Waals surface area contributed by atoms with E-state index in [2.05, 4.69) is 20.6 Å². The van der Waals surface area contributed by atoms with Gasteiger partial charge >= 0.3 is 11.3 Å². The second kappa shape index (κ2) is 8.57. The van der Waals surface area contributed by atoms with Gasteiger partial charge in [-0.2, -0.15) is 0 Å². The molecule has 0 amide bonds. The summed E-state index contributed by atoms with van der Waals surface area (Å²) in [6.07, 6.45) is 1.64. The quantitative estimate of drug-likeness (QED) is 0.314. The number of rotatable bonds is 6. The van der Waals surface area contributed by atoms with Gasteiger partial charge in [-0.05, 0) is 22.1 Å². The highest BCUT2D eigenvalue weighted by Crippen LogP contribution is 2.29. The number of aromatic hydroxyl groups is 1. The Hall–Kier alpha value is -3.89. The van der Waals surface area contributed by atoms with Crippen LogP contribution in [0.5, 0.6) is 11.5 Å². The highest BCUT2D eigenvalue weighted by atomic mass is 35.5. The minimum atomic E-state index is -0.581. The Morgan fingerprint density at radius 3 is 3.03 bits per heavy atom. The first-order chi connectivity index (χ1) is 16.0. The molecule has 0 aliphatic rings. The molecule has 166 valence electrons. The molecule has 33 heavy (non-hydrogen) atoms. The third kappa shape index (κ3) is 3.90. The van der Waals surface area contributed by atoms with Crippen molar-refractivity contribution in [3.63, 3.8) is 0 Å². The van der Waals surface area contributed by atoms with Crippen molar-refractivity contribution in [3.8, 4) is 28.6 Å². The fraction of sp³-hybridized carbons (Fsp3) is 0.0909. The number of anilines is 1. The number of fused-ring (bicyclic) bond motifs is 1. The van der Waals surface area contributed by atoms with E-state index >= 15 is 0 Å². The van der Waals surface area contributed by atoms with Crippen LogP contribution in [0, 0.1) is 0 Å². The fourth-order valence-electron chi connectivity index (χ4n) is 3.45. The summed E-state index contributed by atoms with van der Waals surface area (Å²) in [7, 11) is 1.51. The van der Waals surface area contributed by atoms with Gasteiger partial charge in [0.1, 0.15) is 11.3 Å². The summed E-state index contributed by atoms with van der Waals surface area (Å²) in [5, 5.41) is 20.0. The Bertz CT molecular complexity index is 1530. The molecular formula is C22H17ClN5O4S+. The molecule has 0 fully saturated rings. The third-order valence-corrected chi connectivity index (χ3v) is 6.07.